The van der Waals surface area contributed by atoms with Crippen LogP contribution in [0.1, 0.15) is 36.8 Å². The van der Waals surface area contributed by atoms with Gasteiger partial charge in [-0.25, -0.2) is 4.98 Å². The van der Waals surface area contributed by atoms with Crippen LogP contribution in [0.5, 0.6) is 0 Å². The van der Waals surface area contributed by atoms with Crippen LogP contribution in [-0.4, -0.2) is 51.5 Å². The average molecular weight is 313 g/mol. The molecule has 1 fully saturated rings. The van der Waals surface area contributed by atoms with E-state index >= 15 is 0 Å². The highest BCUT2D eigenvalue weighted by Crippen LogP contribution is 2.34. The summed E-state index contributed by atoms with van der Waals surface area (Å²) in [7, 11) is 5.48. The molecule has 1 N–H and O–H groups in total. The third-order valence-corrected chi connectivity index (χ3v) is 5.36. The molecule has 1 aromatic rings. The number of ether oxygens (including phenoxy) is 2. The van der Waals surface area contributed by atoms with E-state index in [1.807, 2.05) is 7.05 Å². The molecule has 0 aliphatic carbocycles. The highest BCUT2D eigenvalue weighted by molar-refractivity contribution is 7.15. The Morgan fingerprint density at radius 2 is 1.95 bits per heavy atom. The molecule has 3 atom stereocenters. The summed E-state index contributed by atoms with van der Waals surface area (Å²) in [6.07, 6.45) is 1.36. The number of nitrogens with one attached hydrogen (secondary N) is 1. The summed E-state index contributed by atoms with van der Waals surface area (Å²) in [5.41, 5.74) is 1.24. The van der Waals surface area contributed by atoms with Gasteiger partial charge in [-0.2, -0.15) is 0 Å². The Morgan fingerprint density at radius 3 is 2.43 bits per heavy atom. The van der Waals surface area contributed by atoms with Gasteiger partial charge in [-0.3, -0.25) is 0 Å². The van der Waals surface area contributed by atoms with Crippen LogP contribution in [0, 0.1) is 0 Å². The zero-order valence-corrected chi connectivity index (χ0v) is 14.5. The second-order valence-electron chi connectivity index (χ2n) is 5.60. The fourth-order valence-electron chi connectivity index (χ4n) is 2.70. The van der Waals surface area contributed by atoms with Crippen molar-refractivity contribution in [3.63, 3.8) is 0 Å². The minimum absolute atomic E-state index is 0.124. The van der Waals surface area contributed by atoms with Crippen LogP contribution >= 0.6 is 11.3 Å². The second kappa shape index (κ2) is 7.54. The largest absolute Gasteiger partial charge is 0.377 e. The Kier molecular flexibility index (Phi) is 5.98. The maximum absolute atomic E-state index is 5.52. The molecule has 1 aliphatic heterocycles. The molecule has 2 heterocycles. The van der Waals surface area contributed by atoms with Crippen molar-refractivity contribution in [3.05, 3.63) is 10.6 Å². The Hall–Kier alpha value is -0.690. The Labute approximate surface area is 131 Å². The number of hydrogen-bond donors (Lipinski definition) is 1. The first-order valence-electron chi connectivity index (χ1n) is 7.59. The van der Waals surface area contributed by atoms with Crippen molar-refractivity contribution >= 4 is 16.5 Å². The molecular formula is C15H27N3O2S. The summed E-state index contributed by atoms with van der Waals surface area (Å²) in [5.74, 6) is 0.498. The molecule has 1 aliphatic rings. The van der Waals surface area contributed by atoms with Gasteiger partial charge in [0, 0.05) is 38.7 Å². The maximum Gasteiger partial charge on any atom is 0.186 e. The fraction of sp³-hybridized carbons (Fsp3) is 0.800. The second-order valence-corrected chi connectivity index (χ2v) is 6.66. The number of aromatic nitrogens is 1. The Morgan fingerprint density at radius 1 is 1.33 bits per heavy atom. The molecule has 2 rings (SSSR count). The number of nitrogens with zero attached hydrogens (tertiary/aromatic N) is 2. The van der Waals surface area contributed by atoms with E-state index in [-0.39, 0.29) is 12.2 Å². The summed E-state index contributed by atoms with van der Waals surface area (Å²) in [6.45, 7) is 7.04. The normalized spacial score (nSPS) is 23.8. The SMILES string of the molecule is CCC(C)c1nc(N2CC(OC)C(OC)C2)sc1CNC. The van der Waals surface area contributed by atoms with Gasteiger partial charge in [0.25, 0.3) is 0 Å². The van der Waals surface area contributed by atoms with Crippen molar-refractivity contribution in [2.75, 3.05) is 39.3 Å². The van der Waals surface area contributed by atoms with Gasteiger partial charge >= 0.3 is 0 Å². The van der Waals surface area contributed by atoms with E-state index in [4.69, 9.17) is 14.5 Å². The van der Waals surface area contributed by atoms with E-state index in [0.29, 0.717) is 5.92 Å². The number of methoxy groups -OCH3 is 2. The minimum atomic E-state index is 0.124. The van der Waals surface area contributed by atoms with E-state index in [0.717, 1.165) is 31.2 Å². The zero-order valence-electron chi connectivity index (χ0n) is 13.7. The van der Waals surface area contributed by atoms with Crippen molar-refractivity contribution in [1.29, 1.82) is 0 Å². The predicted octanol–water partition coefficient (Wildman–Crippen LogP) is 2.23. The monoisotopic (exact) mass is 313 g/mol. The van der Waals surface area contributed by atoms with E-state index in [2.05, 4.69) is 24.1 Å². The van der Waals surface area contributed by atoms with Gasteiger partial charge in [-0.1, -0.05) is 13.8 Å². The maximum atomic E-state index is 5.52. The van der Waals surface area contributed by atoms with Crippen molar-refractivity contribution in [2.45, 2.75) is 44.9 Å². The molecule has 0 radical (unpaired) electrons. The molecule has 120 valence electrons. The van der Waals surface area contributed by atoms with Crippen LogP contribution in [0.2, 0.25) is 0 Å². The lowest BCUT2D eigenvalue weighted by atomic mass is 10.0. The lowest BCUT2D eigenvalue weighted by molar-refractivity contribution is -0.00461. The molecule has 0 spiro atoms. The molecule has 1 aromatic heterocycles. The van der Waals surface area contributed by atoms with Crippen LogP contribution in [0.25, 0.3) is 0 Å². The summed E-state index contributed by atoms with van der Waals surface area (Å²) < 4.78 is 11.0. The number of hydrogen-bond acceptors (Lipinski definition) is 6. The average Bonchev–Trinajstić information content (AvgIpc) is 3.10. The smallest absolute Gasteiger partial charge is 0.186 e. The third-order valence-electron chi connectivity index (χ3n) is 4.22. The van der Waals surface area contributed by atoms with Crippen molar-refractivity contribution in [2.24, 2.45) is 0 Å². The molecule has 3 unspecified atom stereocenters. The van der Waals surface area contributed by atoms with E-state index in [1.165, 1.54) is 10.6 Å². The quantitative estimate of drug-likeness (QED) is 0.836. The van der Waals surface area contributed by atoms with Gasteiger partial charge in [0.15, 0.2) is 5.13 Å². The summed E-state index contributed by atoms with van der Waals surface area (Å²) in [5, 5.41) is 4.34. The van der Waals surface area contributed by atoms with Crippen LogP contribution in [0.15, 0.2) is 0 Å². The molecule has 5 nitrogen and oxygen atoms in total. The van der Waals surface area contributed by atoms with E-state index in [9.17, 15) is 0 Å². The summed E-state index contributed by atoms with van der Waals surface area (Å²) >= 11 is 1.79. The fourth-order valence-corrected chi connectivity index (χ4v) is 3.91. The molecule has 0 bridgehead atoms. The standard InChI is InChI=1S/C15H27N3O2S/c1-6-10(2)14-13(7-16-3)21-15(17-14)18-8-11(19-4)12(9-18)20-5/h10-12,16H,6-9H2,1-5H3. The van der Waals surface area contributed by atoms with Gasteiger partial charge in [-0.05, 0) is 19.4 Å². The first-order chi connectivity index (χ1) is 10.1. The summed E-state index contributed by atoms with van der Waals surface area (Å²) in [6, 6.07) is 0. The molecule has 0 aromatic carbocycles. The Bertz CT molecular complexity index is 440. The predicted molar refractivity (Wildman–Crippen MR) is 87.4 cm³/mol. The molecule has 0 saturated carbocycles. The van der Waals surface area contributed by atoms with Gasteiger partial charge < -0.3 is 19.7 Å². The van der Waals surface area contributed by atoms with Crippen molar-refractivity contribution in [3.8, 4) is 0 Å². The third kappa shape index (κ3) is 3.56. The van der Waals surface area contributed by atoms with Gasteiger partial charge in [0.05, 0.1) is 5.69 Å². The number of anilines is 1. The highest BCUT2D eigenvalue weighted by Gasteiger charge is 2.35. The zero-order chi connectivity index (χ0) is 15.4. The minimum Gasteiger partial charge on any atom is -0.377 e. The van der Waals surface area contributed by atoms with Gasteiger partial charge in [0.2, 0.25) is 0 Å². The Balaban J connectivity index is 2.20. The van der Waals surface area contributed by atoms with E-state index < -0.39 is 0 Å². The van der Waals surface area contributed by atoms with Crippen LogP contribution in [0.4, 0.5) is 5.13 Å². The van der Waals surface area contributed by atoms with Crippen LogP contribution in [-0.2, 0) is 16.0 Å². The molecular weight excluding hydrogens is 286 g/mol. The van der Waals surface area contributed by atoms with Crippen molar-refractivity contribution in [1.82, 2.24) is 10.3 Å². The number of rotatable bonds is 7. The summed E-state index contributed by atoms with van der Waals surface area (Å²) in [4.78, 5) is 8.55. The molecule has 21 heavy (non-hydrogen) atoms. The highest BCUT2D eigenvalue weighted by atomic mass is 32.1. The van der Waals surface area contributed by atoms with Gasteiger partial charge in [0.1, 0.15) is 12.2 Å². The van der Waals surface area contributed by atoms with Crippen LogP contribution < -0.4 is 10.2 Å². The molecule has 1 saturated heterocycles. The van der Waals surface area contributed by atoms with Crippen LogP contribution in [0.3, 0.4) is 0 Å². The lowest BCUT2D eigenvalue weighted by Gasteiger charge is -2.13. The first-order valence-corrected chi connectivity index (χ1v) is 8.40. The topological polar surface area (TPSA) is 46.6 Å². The number of thiazole rings is 1. The first kappa shape index (κ1) is 16.7. The van der Waals surface area contributed by atoms with Gasteiger partial charge in [-0.15, -0.1) is 11.3 Å². The van der Waals surface area contributed by atoms with Crippen molar-refractivity contribution < 1.29 is 9.47 Å². The molecule has 6 heteroatoms. The van der Waals surface area contributed by atoms with E-state index in [1.54, 1.807) is 25.6 Å². The lowest BCUT2D eigenvalue weighted by Crippen LogP contribution is -2.27. The molecule has 0 amide bonds.